The summed E-state index contributed by atoms with van der Waals surface area (Å²) in [7, 11) is -3.53. The number of amides is 1. The summed E-state index contributed by atoms with van der Waals surface area (Å²) in [6.07, 6.45) is 0.912. The van der Waals surface area contributed by atoms with Crippen molar-refractivity contribution >= 4 is 27.5 Å². The molecular formula is C8H8ClNO3S. The highest BCUT2D eigenvalue weighted by molar-refractivity contribution is 7.89. The van der Waals surface area contributed by atoms with Crippen molar-refractivity contribution < 1.29 is 13.2 Å². The van der Waals surface area contributed by atoms with Gasteiger partial charge in [-0.25, -0.2) is 13.1 Å². The van der Waals surface area contributed by atoms with Crippen LogP contribution in [0.4, 0.5) is 0 Å². The zero-order valence-corrected chi connectivity index (χ0v) is 8.89. The van der Waals surface area contributed by atoms with Crippen LogP contribution in [0.1, 0.15) is 10.4 Å². The Kier molecular flexibility index (Phi) is 3.13. The van der Waals surface area contributed by atoms with E-state index >= 15 is 0 Å². The Morgan fingerprint density at radius 3 is 2.57 bits per heavy atom. The molecule has 0 aromatic heterocycles. The topological polar surface area (TPSA) is 63.2 Å². The summed E-state index contributed by atoms with van der Waals surface area (Å²) >= 11 is 5.63. The van der Waals surface area contributed by atoms with Gasteiger partial charge in [0.2, 0.25) is 10.0 Å². The van der Waals surface area contributed by atoms with Crippen molar-refractivity contribution in [1.29, 1.82) is 0 Å². The van der Waals surface area contributed by atoms with E-state index in [4.69, 9.17) is 11.6 Å². The van der Waals surface area contributed by atoms with E-state index in [0.717, 1.165) is 6.26 Å². The molecule has 0 aliphatic carbocycles. The zero-order chi connectivity index (χ0) is 10.8. The van der Waals surface area contributed by atoms with Crippen molar-refractivity contribution in [2.24, 2.45) is 0 Å². The normalized spacial score (nSPS) is 11.0. The number of hydrogen-bond donors (Lipinski definition) is 1. The number of rotatable bonds is 2. The number of carbonyl (C=O) groups excluding carboxylic acids is 1. The molecule has 1 amide bonds. The molecular weight excluding hydrogens is 226 g/mol. The SMILES string of the molecule is CS(=O)(=O)NC(=O)c1cccc(Cl)c1. The number of halogens is 1. The van der Waals surface area contributed by atoms with E-state index < -0.39 is 15.9 Å². The van der Waals surface area contributed by atoms with Gasteiger partial charge in [-0.1, -0.05) is 17.7 Å². The van der Waals surface area contributed by atoms with E-state index in [2.05, 4.69) is 0 Å². The maximum Gasteiger partial charge on any atom is 0.264 e. The summed E-state index contributed by atoms with van der Waals surface area (Å²) in [4.78, 5) is 11.3. The van der Waals surface area contributed by atoms with Crippen molar-refractivity contribution in [1.82, 2.24) is 4.72 Å². The van der Waals surface area contributed by atoms with Gasteiger partial charge < -0.3 is 0 Å². The van der Waals surface area contributed by atoms with E-state index in [9.17, 15) is 13.2 Å². The van der Waals surface area contributed by atoms with Crippen molar-refractivity contribution in [2.75, 3.05) is 6.26 Å². The summed E-state index contributed by atoms with van der Waals surface area (Å²) in [5.41, 5.74) is 0.211. The predicted molar refractivity (Wildman–Crippen MR) is 53.8 cm³/mol. The molecule has 0 saturated carbocycles. The molecule has 0 heterocycles. The fraction of sp³-hybridized carbons (Fsp3) is 0.125. The van der Waals surface area contributed by atoms with Crippen molar-refractivity contribution in [3.05, 3.63) is 34.9 Å². The second kappa shape index (κ2) is 3.98. The van der Waals surface area contributed by atoms with Crippen LogP contribution < -0.4 is 4.72 Å². The maximum absolute atomic E-state index is 11.3. The third-order valence-corrected chi connectivity index (χ3v) is 2.16. The quantitative estimate of drug-likeness (QED) is 0.830. The van der Waals surface area contributed by atoms with Gasteiger partial charge in [-0.3, -0.25) is 4.79 Å². The molecule has 1 aromatic rings. The first-order chi connectivity index (χ1) is 6.38. The summed E-state index contributed by atoms with van der Waals surface area (Å²) in [6.45, 7) is 0. The molecule has 0 aliphatic rings. The number of hydrogen-bond acceptors (Lipinski definition) is 3. The van der Waals surface area contributed by atoms with Gasteiger partial charge in [-0.15, -0.1) is 0 Å². The fourth-order valence-corrected chi connectivity index (χ4v) is 1.50. The van der Waals surface area contributed by atoms with Gasteiger partial charge in [0.25, 0.3) is 5.91 Å². The molecule has 76 valence electrons. The lowest BCUT2D eigenvalue weighted by molar-refractivity contribution is 0.0981. The second-order valence-electron chi connectivity index (χ2n) is 2.71. The minimum absolute atomic E-state index is 0.211. The molecule has 0 aliphatic heterocycles. The molecule has 0 radical (unpaired) electrons. The average molecular weight is 234 g/mol. The first kappa shape index (κ1) is 11.0. The van der Waals surface area contributed by atoms with Gasteiger partial charge in [0.05, 0.1) is 6.26 Å². The van der Waals surface area contributed by atoms with Gasteiger partial charge in [-0.2, -0.15) is 0 Å². The largest absolute Gasteiger partial charge is 0.268 e. The van der Waals surface area contributed by atoms with E-state index in [0.29, 0.717) is 5.02 Å². The summed E-state index contributed by atoms with van der Waals surface area (Å²) in [6, 6.07) is 6.03. The van der Waals surface area contributed by atoms with Crippen LogP contribution in [0.5, 0.6) is 0 Å². The van der Waals surface area contributed by atoms with Gasteiger partial charge in [0.1, 0.15) is 0 Å². The number of carbonyl (C=O) groups is 1. The molecule has 14 heavy (non-hydrogen) atoms. The first-order valence-corrected chi connectivity index (χ1v) is 5.93. The molecule has 0 bridgehead atoms. The molecule has 4 nitrogen and oxygen atoms in total. The molecule has 0 fully saturated rings. The summed E-state index contributed by atoms with van der Waals surface area (Å²) < 4.78 is 23.3. The van der Waals surface area contributed by atoms with Crippen LogP contribution in [-0.2, 0) is 10.0 Å². The minimum atomic E-state index is -3.53. The average Bonchev–Trinajstić information content (AvgIpc) is 2.01. The Morgan fingerprint density at radius 1 is 1.43 bits per heavy atom. The van der Waals surface area contributed by atoms with Gasteiger partial charge >= 0.3 is 0 Å². The lowest BCUT2D eigenvalue weighted by Gasteiger charge is -2.02. The Bertz CT molecular complexity index is 455. The molecule has 1 rings (SSSR count). The van der Waals surface area contributed by atoms with Crippen LogP contribution in [0.25, 0.3) is 0 Å². The van der Waals surface area contributed by atoms with E-state index in [1.807, 2.05) is 4.72 Å². The van der Waals surface area contributed by atoms with Crippen molar-refractivity contribution in [2.45, 2.75) is 0 Å². The standard InChI is InChI=1S/C8H8ClNO3S/c1-14(12,13)10-8(11)6-3-2-4-7(9)5-6/h2-5H,1H3,(H,10,11). The maximum atomic E-state index is 11.3. The fourth-order valence-electron chi connectivity index (χ4n) is 0.857. The summed E-state index contributed by atoms with van der Waals surface area (Å²) in [5, 5.41) is 0.381. The number of benzene rings is 1. The number of sulfonamides is 1. The molecule has 0 unspecified atom stereocenters. The molecule has 0 spiro atoms. The van der Waals surface area contributed by atoms with Crippen molar-refractivity contribution in [3.63, 3.8) is 0 Å². The third kappa shape index (κ3) is 3.35. The third-order valence-electron chi connectivity index (χ3n) is 1.36. The predicted octanol–water partition coefficient (Wildman–Crippen LogP) is 1.03. The van der Waals surface area contributed by atoms with Crippen LogP contribution in [0.3, 0.4) is 0 Å². The monoisotopic (exact) mass is 233 g/mol. The van der Waals surface area contributed by atoms with Gasteiger partial charge in [-0.05, 0) is 18.2 Å². The minimum Gasteiger partial charge on any atom is -0.268 e. The van der Waals surface area contributed by atoms with Crippen LogP contribution in [0, 0.1) is 0 Å². The smallest absolute Gasteiger partial charge is 0.264 e. The molecule has 1 N–H and O–H groups in total. The Balaban J connectivity index is 2.91. The van der Waals surface area contributed by atoms with Crippen LogP contribution in [0.2, 0.25) is 5.02 Å². The molecule has 1 aromatic carbocycles. The Hall–Kier alpha value is -1.07. The van der Waals surface area contributed by atoms with E-state index in [1.165, 1.54) is 12.1 Å². The van der Waals surface area contributed by atoms with Gasteiger partial charge in [0.15, 0.2) is 0 Å². The highest BCUT2D eigenvalue weighted by Gasteiger charge is 2.10. The second-order valence-corrected chi connectivity index (χ2v) is 4.90. The summed E-state index contributed by atoms with van der Waals surface area (Å²) in [5.74, 6) is -0.685. The lowest BCUT2D eigenvalue weighted by atomic mass is 10.2. The highest BCUT2D eigenvalue weighted by atomic mass is 35.5. The molecule has 0 atom stereocenters. The van der Waals surface area contributed by atoms with Crippen LogP contribution >= 0.6 is 11.6 Å². The van der Waals surface area contributed by atoms with E-state index in [-0.39, 0.29) is 5.56 Å². The van der Waals surface area contributed by atoms with Crippen molar-refractivity contribution in [3.8, 4) is 0 Å². The molecule has 0 saturated heterocycles. The highest BCUT2D eigenvalue weighted by Crippen LogP contribution is 2.10. The van der Waals surface area contributed by atoms with Crippen LogP contribution in [-0.4, -0.2) is 20.6 Å². The Morgan fingerprint density at radius 2 is 2.07 bits per heavy atom. The number of nitrogens with one attached hydrogen (secondary N) is 1. The lowest BCUT2D eigenvalue weighted by Crippen LogP contribution is -2.29. The molecule has 6 heteroatoms. The first-order valence-electron chi connectivity index (χ1n) is 3.66. The van der Waals surface area contributed by atoms with Gasteiger partial charge in [0, 0.05) is 10.6 Å². The Labute approximate surface area is 86.9 Å². The zero-order valence-electron chi connectivity index (χ0n) is 7.32. The van der Waals surface area contributed by atoms with Crippen LogP contribution in [0.15, 0.2) is 24.3 Å². The van der Waals surface area contributed by atoms with E-state index in [1.54, 1.807) is 12.1 Å².